The van der Waals surface area contributed by atoms with Crippen molar-refractivity contribution in [3.05, 3.63) is 206 Å². The van der Waals surface area contributed by atoms with Gasteiger partial charge in [0.1, 0.15) is 11.5 Å². The number of nitrogens with zero attached hydrogens (tertiary/aromatic N) is 4. The van der Waals surface area contributed by atoms with Gasteiger partial charge in [0, 0.05) is 44.7 Å². The topological polar surface area (TPSA) is 51.1 Å². The zero-order chi connectivity index (χ0) is 38.4. The van der Waals surface area contributed by atoms with E-state index >= 15 is 0 Å². The van der Waals surface area contributed by atoms with Crippen molar-refractivity contribution in [2.45, 2.75) is 0 Å². The van der Waals surface area contributed by atoms with Crippen LogP contribution in [0.5, 0.6) is 11.5 Å². The highest BCUT2D eigenvalue weighted by Crippen LogP contribution is 2.49. The summed E-state index contributed by atoms with van der Waals surface area (Å²) in [6.45, 7) is 0. The third kappa shape index (κ3) is 5.94. The Bertz CT molecular complexity index is 3090. The number of aromatic nitrogens is 3. The van der Waals surface area contributed by atoms with Crippen LogP contribution in [-0.2, 0) is 0 Å². The molecule has 0 spiro atoms. The van der Waals surface area contributed by atoms with Gasteiger partial charge in [0.2, 0.25) is 0 Å². The summed E-state index contributed by atoms with van der Waals surface area (Å²) in [6.07, 6.45) is 0. The molecule has 10 aromatic rings. The molecule has 0 saturated heterocycles. The second-order valence-corrected chi connectivity index (χ2v) is 14.4. The lowest BCUT2D eigenvalue weighted by Gasteiger charge is -2.26. The molecular formula is C53H34N4O. The third-order valence-electron chi connectivity index (χ3n) is 10.9. The third-order valence-corrected chi connectivity index (χ3v) is 10.9. The van der Waals surface area contributed by atoms with Crippen molar-refractivity contribution in [2.24, 2.45) is 0 Å². The molecule has 0 unspecified atom stereocenters. The van der Waals surface area contributed by atoms with Gasteiger partial charge in [-0.25, -0.2) is 15.0 Å². The van der Waals surface area contributed by atoms with Crippen LogP contribution >= 0.6 is 0 Å². The molecule has 0 bridgehead atoms. The molecule has 0 aliphatic carbocycles. The van der Waals surface area contributed by atoms with Crippen LogP contribution in [-0.4, -0.2) is 15.0 Å². The van der Waals surface area contributed by atoms with Crippen LogP contribution in [0.1, 0.15) is 0 Å². The Labute approximate surface area is 336 Å². The van der Waals surface area contributed by atoms with E-state index in [1.165, 1.54) is 5.39 Å². The molecule has 5 heteroatoms. The first-order valence-corrected chi connectivity index (χ1v) is 19.4. The number of rotatable bonds is 7. The van der Waals surface area contributed by atoms with E-state index in [0.29, 0.717) is 17.5 Å². The lowest BCUT2D eigenvalue weighted by Crippen LogP contribution is -2.09. The summed E-state index contributed by atoms with van der Waals surface area (Å²) in [4.78, 5) is 17.3. The smallest absolute Gasteiger partial charge is 0.164 e. The standard InChI is InChI=1S/C53H34N4O/c1-4-14-37(15-5-1)51-54-52(39-24-23-35-13-10-11-16-38(35)33-39)56-53(55-51)40-27-30-45-47-22-12-21-46-44(31-32-48(50(46)47)58-49(45)34-40)36-25-28-43(29-26-36)57(41-17-6-2-7-18-41)42-19-8-3-9-20-42/h1-34H. The maximum Gasteiger partial charge on any atom is 0.164 e. The van der Waals surface area contributed by atoms with Gasteiger partial charge in [-0.3, -0.25) is 0 Å². The lowest BCUT2D eigenvalue weighted by molar-refractivity contribution is 0.487. The maximum atomic E-state index is 6.75. The molecule has 0 amide bonds. The predicted molar refractivity (Wildman–Crippen MR) is 237 cm³/mol. The molecule has 11 rings (SSSR count). The molecule has 1 aliphatic heterocycles. The highest BCUT2D eigenvalue weighted by Gasteiger charge is 2.23. The summed E-state index contributed by atoms with van der Waals surface area (Å²) >= 11 is 0. The van der Waals surface area contributed by atoms with Crippen molar-refractivity contribution in [1.29, 1.82) is 0 Å². The summed E-state index contributed by atoms with van der Waals surface area (Å²) in [7, 11) is 0. The molecule has 1 aromatic heterocycles. The first-order valence-electron chi connectivity index (χ1n) is 19.4. The molecule has 0 atom stereocenters. The highest BCUT2D eigenvalue weighted by molar-refractivity contribution is 6.10. The predicted octanol–water partition coefficient (Wildman–Crippen LogP) is 14.1. The quantitative estimate of drug-likeness (QED) is 0.163. The fraction of sp³-hybridized carbons (Fsp3) is 0. The van der Waals surface area contributed by atoms with Crippen molar-refractivity contribution in [3.8, 4) is 67.9 Å². The van der Waals surface area contributed by atoms with E-state index in [4.69, 9.17) is 19.7 Å². The fourth-order valence-corrected chi connectivity index (χ4v) is 8.09. The summed E-state index contributed by atoms with van der Waals surface area (Å²) in [6, 6.07) is 71.6. The van der Waals surface area contributed by atoms with Gasteiger partial charge in [-0.1, -0.05) is 146 Å². The van der Waals surface area contributed by atoms with Crippen LogP contribution in [0, 0.1) is 0 Å². The zero-order valence-corrected chi connectivity index (χ0v) is 31.3. The fourth-order valence-electron chi connectivity index (χ4n) is 8.09. The van der Waals surface area contributed by atoms with Gasteiger partial charge >= 0.3 is 0 Å². The number of hydrogen-bond acceptors (Lipinski definition) is 5. The molecular weight excluding hydrogens is 709 g/mol. The number of anilines is 3. The summed E-state index contributed by atoms with van der Waals surface area (Å²) in [5, 5.41) is 4.55. The second-order valence-electron chi connectivity index (χ2n) is 14.4. The lowest BCUT2D eigenvalue weighted by atomic mass is 9.90. The Hall–Kier alpha value is -7.89. The Morgan fingerprint density at radius 2 is 0.879 bits per heavy atom. The highest BCUT2D eigenvalue weighted by atomic mass is 16.5. The van der Waals surface area contributed by atoms with Crippen LogP contribution in [0.2, 0.25) is 0 Å². The van der Waals surface area contributed by atoms with Gasteiger partial charge < -0.3 is 9.64 Å². The van der Waals surface area contributed by atoms with Crippen molar-refractivity contribution < 1.29 is 4.74 Å². The first-order chi connectivity index (χ1) is 28.7. The van der Waals surface area contributed by atoms with E-state index in [-0.39, 0.29) is 0 Å². The number of ether oxygens (including phenoxy) is 1. The average Bonchev–Trinajstić information content (AvgIpc) is 3.30. The van der Waals surface area contributed by atoms with Crippen LogP contribution in [0.3, 0.4) is 0 Å². The van der Waals surface area contributed by atoms with E-state index < -0.39 is 0 Å². The molecule has 0 fully saturated rings. The molecule has 272 valence electrons. The Kier molecular flexibility index (Phi) is 8.07. The van der Waals surface area contributed by atoms with Gasteiger partial charge in [-0.15, -0.1) is 0 Å². The van der Waals surface area contributed by atoms with E-state index in [2.05, 4.69) is 181 Å². The minimum atomic E-state index is 0.587. The van der Waals surface area contributed by atoms with Crippen LogP contribution < -0.4 is 9.64 Å². The molecule has 1 aliphatic rings. The normalized spacial score (nSPS) is 11.6. The number of hydrogen-bond donors (Lipinski definition) is 0. The van der Waals surface area contributed by atoms with E-state index in [9.17, 15) is 0 Å². The van der Waals surface area contributed by atoms with Crippen molar-refractivity contribution in [1.82, 2.24) is 15.0 Å². The van der Waals surface area contributed by atoms with Crippen LogP contribution in [0.15, 0.2) is 206 Å². The molecule has 2 heterocycles. The van der Waals surface area contributed by atoms with E-state index in [1.807, 2.05) is 30.3 Å². The van der Waals surface area contributed by atoms with Gasteiger partial charge in [0.05, 0.1) is 0 Å². The number of benzene rings is 9. The second kappa shape index (κ2) is 14.0. The molecule has 0 saturated carbocycles. The van der Waals surface area contributed by atoms with Crippen molar-refractivity contribution in [2.75, 3.05) is 4.90 Å². The van der Waals surface area contributed by atoms with Crippen LogP contribution in [0.4, 0.5) is 17.1 Å². The van der Waals surface area contributed by atoms with E-state index in [1.54, 1.807) is 0 Å². The van der Waals surface area contributed by atoms with Gasteiger partial charge in [-0.2, -0.15) is 0 Å². The first kappa shape index (κ1) is 33.4. The van der Waals surface area contributed by atoms with E-state index in [0.717, 1.165) is 83.7 Å². The molecule has 9 aromatic carbocycles. The largest absolute Gasteiger partial charge is 0.456 e. The minimum Gasteiger partial charge on any atom is -0.456 e. The summed E-state index contributed by atoms with van der Waals surface area (Å²) in [5.41, 5.74) is 10.5. The number of para-hydroxylation sites is 2. The Morgan fingerprint density at radius 3 is 1.59 bits per heavy atom. The Balaban J connectivity index is 0.970. The number of fused-ring (bicyclic) bond motifs is 3. The minimum absolute atomic E-state index is 0.587. The summed E-state index contributed by atoms with van der Waals surface area (Å²) in [5.74, 6) is 3.43. The molecule has 0 N–H and O–H groups in total. The van der Waals surface area contributed by atoms with Crippen molar-refractivity contribution in [3.63, 3.8) is 0 Å². The monoisotopic (exact) mass is 742 g/mol. The molecule has 58 heavy (non-hydrogen) atoms. The SMILES string of the molecule is c1ccc(-c2nc(-c3ccc4c(c3)Oc3ccc(-c5ccc(N(c6ccccc6)c6ccccc6)cc5)c5cccc-4c35)nc(-c3ccc4ccccc4c3)n2)cc1. The van der Waals surface area contributed by atoms with Gasteiger partial charge in [0.15, 0.2) is 17.5 Å². The van der Waals surface area contributed by atoms with Gasteiger partial charge in [0.25, 0.3) is 0 Å². The molecule has 5 nitrogen and oxygen atoms in total. The Morgan fingerprint density at radius 1 is 0.328 bits per heavy atom. The van der Waals surface area contributed by atoms with Crippen molar-refractivity contribution >= 4 is 38.6 Å². The van der Waals surface area contributed by atoms with Gasteiger partial charge in [-0.05, 0) is 93.5 Å². The maximum absolute atomic E-state index is 6.75. The average molecular weight is 743 g/mol. The summed E-state index contributed by atoms with van der Waals surface area (Å²) < 4.78 is 6.75. The molecule has 0 radical (unpaired) electrons. The zero-order valence-electron chi connectivity index (χ0n) is 31.3. The van der Waals surface area contributed by atoms with Crippen LogP contribution in [0.25, 0.3) is 78.0 Å².